The van der Waals surface area contributed by atoms with Crippen LogP contribution in [0, 0.1) is 0 Å². The molecule has 0 bridgehead atoms. The number of carbonyl (C=O) groups excluding carboxylic acids is 2. The number of benzene rings is 1. The third kappa shape index (κ3) is 7.39. The number of nitrogens with one attached hydrogen (secondary N) is 1. The molecule has 0 aliphatic rings. The zero-order valence-electron chi connectivity index (χ0n) is 11.9. The molecule has 1 N–H and O–H groups in total. The summed E-state index contributed by atoms with van der Waals surface area (Å²) >= 11 is 0. The summed E-state index contributed by atoms with van der Waals surface area (Å²) in [7, 11) is 0. The van der Waals surface area contributed by atoms with Crippen LogP contribution in [0.4, 0.5) is 13.6 Å². The van der Waals surface area contributed by atoms with Gasteiger partial charge >= 0.3 is 6.09 Å². The average molecular weight is 299 g/mol. The molecule has 116 valence electrons. The van der Waals surface area contributed by atoms with Crippen molar-refractivity contribution in [1.82, 2.24) is 5.32 Å². The Hall–Kier alpha value is -1.98. The summed E-state index contributed by atoms with van der Waals surface area (Å²) < 4.78 is 28.9. The molecule has 1 atom stereocenters. The second kappa shape index (κ2) is 9.05. The van der Waals surface area contributed by atoms with Gasteiger partial charge in [-0.1, -0.05) is 30.3 Å². The molecule has 0 aliphatic heterocycles. The van der Waals surface area contributed by atoms with Crippen LogP contribution in [-0.4, -0.2) is 24.3 Å². The van der Waals surface area contributed by atoms with Gasteiger partial charge in [0.25, 0.3) is 0 Å². The molecule has 1 amide bonds. The second-order valence-corrected chi connectivity index (χ2v) is 4.68. The number of ether oxygens (including phenoxy) is 1. The minimum atomic E-state index is -2.41. The molecular weight excluding hydrogens is 280 g/mol. The summed E-state index contributed by atoms with van der Waals surface area (Å²) in [5.74, 6) is -0.285. The maximum Gasteiger partial charge on any atom is 0.408 e. The molecule has 1 rings (SSSR count). The van der Waals surface area contributed by atoms with E-state index < -0.39 is 18.6 Å². The Kier molecular flexibility index (Phi) is 7.36. The van der Waals surface area contributed by atoms with Crippen LogP contribution in [-0.2, 0) is 16.1 Å². The van der Waals surface area contributed by atoms with Crippen LogP contribution in [0.1, 0.15) is 31.7 Å². The summed E-state index contributed by atoms with van der Waals surface area (Å²) in [5, 5.41) is 2.39. The standard InChI is InChI=1S/C15H19F2NO3/c1-11(13(19)8-5-9-14(16)17)18-15(20)21-10-12-6-3-2-4-7-12/h2-4,6-7,11,14H,5,8-10H2,1H3,(H,18,20). The first-order valence-electron chi connectivity index (χ1n) is 6.77. The number of alkyl carbamates (subject to hydrolysis) is 1. The minimum Gasteiger partial charge on any atom is -0.445 e. The molecule has 0 aromatic heterocycles. The topological polar surface area (TPSA) is 55.4 Å². The number of rotatable bonds is 8. The number of hydrogen-bond acceptors (Lipinski definition) is 3. The van der Waals surface area contributed by atoms with Gasteiger partial charge in [-0.05, 0) is 18.9 Å². The van der Waals surface area contributed by atoms with Crippen LogP contribution in [0.25, 0.3) is 0 Å². The summed E-state index contributed by atoms with van der Waals surface area (Å²) in [6.07, 6.45) is -3.28. The molecule has 0 fully saturated rings. The van der Waals surface area contributed by atoms with E-state index in [2.05, 4.69) is 5.32 Å². The molecule has 0 saturated heterocycles. The number of halogens is 2. The van der Waals surface area contributed by atoms with Gasteiger partial charge in [0.15, 0.2) is 5.78 Å². The summed E-state index contributed by atoms with van der Waals surface area (Å²) in [6.45, 7) is 1.62. The van der Waals surface area contributed by atoms with Crippen LogP contribution in [0.3, 0.4) is 0 Å². The highest BCUT2D eigenvalue weighted by molar-refractivity contribution is 5.86. The zero-order valence-corrected chi connectivity index (χ0v) is 11.9. The number of hydrogen-bond donors (Lipinski definition) is 1. The Morgan fingerprint density at radius 3 is 2.52 bits per heavy atom. The quantitative estimate of drug-likeness (QED) is 0.801. The molecule has 1 aromatic carbocycles. The fraction of sp³-hybridized carbons (Fsp3) is 0.467. The Bertz CT molecular complexity index is 451. The van der Waals surface area contributed by atoms with Crippen molar-refractivity contribution in [3.63, 3.8) is 0 Å². The SMILES string of the molecule is CC(NC(=O)OCc1ccccc1)C(=O)CCCC(F)F. The number of ketones is 1. The van der Waals surface area contributed by atoms with Crippen molar-refractivity contribution in [2.24, 2.45) is 0 Å². The summed E-state index contributed by atoms with van der Waals surface area (Å²) in [5.41, 5.74) is 0.837. The second-order valence-electron chi connectivity index (χ2n) is 4.68. The lowest BCUT2D eigenvalue weighted by Crippen LogP contribution is -2.38. The number of carbonyl (C=O) groups is 2. The predicted molar refractivity (Wildman–Crippen MR) is 74.1 cm³/mol. The fourth-order valence-electron chi connectivity index (χ4n) is 1.67. The first kappa shape index (κ1) is 17.1. The van der Waals surface area contributed by atoms with E-state index >= 15 is 0 Å². The minimum absolute atomic E-state index is 0.0183. The van der Waals surface area contributed by atoms with Gasteiger partial charge in [0.1, 0.15) is 6.61 Å². The van der Waals surface area contributed by atoms with Crippen molar-refractivity contribution in [1.29, 1.82) is 0 Å². The largest absolute Gasteiger partial charge is 0.445 e. The van der Waals surface area contributed by atoms with Gasteiger partial charge < -0.3 is 10.1 Å². The van der Waals surface area contributed by atoms with Crippen LogP contribution in [0.15, 0.2) is 30.3 Å². The van der Waals surface area contributed by atoms with E-state index in [0.29, 0.717) is 0 Å². The number of alkyl halides is 2. The van der Waals surface area contributed by atoms with Crippen LogP contribution >= 0.6 is 0 Å². The van der Waals surface area contributed by atoms with Gasteiger partial charge in [0, 0.05) is 12.8 Å². The summed E-state index contributed by atoms with van der Waals surface area (Å²) in [6, 6.07) is 8.38. The van der Waals surface area contributed by atoms with Gasteiger partial charge in [-0.3, -0.25) is 4.79 Å². The lowest BCUT2D eigenvalue weighted by atomic mass is 10.1. The normalized spacial score (nSPS) is 12.0. The number of amides is 1. The van der Waals surface area contributed by atoms with E-state index in [-0.39, 0.29) is 31.7 Å². The molecule has 6 heteroatoms. The molecule has 0 aliphatic carbocycles. The molecule has 0 spiro atoms. The van der Waals surface area contributed by atoms with Crippen molar-refractivity contribution in [3.8, 4) is 0 Å². The van der Waals surface area contributed by atoms with Crippen LogP contribution < -0.4 is 5.32 Å². The highest BCUT2D eigenvalue weighted by atomic mass is 19.3. The van der Waals surface area contributed by atoms with Gasteiger partial charge in [-0.15, -0.1) is 0 Å². The molecule has 0 saturated carbocycles. The Morgan fingerprint density at radius 2 is 1.90 bits per heavy atom. The Labute approximate surface area is 122 Å². The van der Waals surface area contributed by atoms with Gasteiger partial charge in [0.05, 0.1) is 6.04 Å². The number of Topliss-reactive ketones (excluding diaryl/α,β-unsaturated/α-hetero) is 1. The van der Waals surface area contributed by atoms with Gasteiger partial charge in [0.2, 0.25) is 6.43 Å². The Balaban J connectivity index is 2.25. The first-order valence-corrected chi connectivity index (χ1v) is 6.77. The molecule has 0 heterocycles. The fourth-order valence-corrected chi connectivity index (χ4v) is 1.67. The maximum absolute atomic E-state index is 12.0. The van der Waals surface area contributed by atoms with Crippen molar-refractivity contribution >= 4 is 11.9 Å². The third-order valence-corrected chi connectivity index (χ3v) is 2.88. The predicted octanol–water partition coefficient (Wildman–Crippen LogP) is 3.31. The van der Waals surface area contributed by atoms with E-state index in [0.717, 1.165) is 5.56 Å². The van der Waals surface area contributed by atoms with Crippen LogP contribution in [0.2, 0.25) is 0 Å². The molecule has 4 nitrogen and oxygen atoms in total. The third-order valence-electron chi connectivity index (χ3n) is 2.88. The van der Waals surface area contributed by atoms with E-state index in [1.165, 1.54) is 6.92 Å². The highest BCUT2D eigenvalue weighted by Crippen LogP contribution is 2.07. The van der Waals surface area contributed by atoms with Gasteiger partial charge in [-0.25, -0.2) is 13.6 Å². The Morgan fingerprint density at radius 1 is 1.24 bits per heavy atom. The molecule has 0 radical (unpaired) electrons. The smallest absolute Gasteiger partial charge is 0.408 e. The monoisotopic (exact) mass is 299 g/mol. The molecular formula is C15H19F2NO3. The van der Waals surface area contributed by atoms with Crippen LogP contribution in [0.5, 0.6) is 0 Å². The van der Waals surface area contributed by atoms with E-state index in [1.807, 2.05) is 30.3 Å². The lowest BCUT2D eigenvalue weighted by molar-refractivity contribution is -0.120. The lowest BCUT2D eigenvalue weighted by Gasteiger charge is -2.13. The van der Waals surface area contributed by atoms with Crippen molar-refractivity contribution in [2.75, 3.05) is 0 Å². The van der Waals surface area contributed by atoms with E-state index in [9.17, 15) is 18.4 Å². The van der Waals surface area contributed by atoms with Crippen molar-refractivity contribution < 1.29 is 23.1 Å². The molecule has 1 unspecified atom stereocenters. The average Bonchev–Trinajstić information content (AvgIpc) is 2.45. The maximum atomic E-state index is 12.0. The van der Waals surface area contributed by atoms with Crippen molar-refractivity contribution in [3.05, 3.63) is 35.9 Å². The van der Waals surface area contributed by atoms with Crippen molar-refractivity contribution in [2.45, 2.75) is 45.3 Å². The van der Waals surface area contributed by atoms with E-state index in [4.69, 9.17) is 4.74 Å². The first-order chi connectivity index (χ1) is 9.99. The molecule has 1 aromatic rings. The van der Waals surface area contributed by atoms with Gasteiger partial charge in [-0.2, -0.15) is 0 Å². The zero-order chi connectivity index (χ0) is 15.7. The summed E-state index contributed by atoms with van der Waals surface area (Å²) in [4.78, 5) is 23.1. The van der Waals surface area contributed by atoms with E-state index in [1.54, 1.807) is 0 Å². The molecule has 21 heavy (non-hydrogen) atoms. The highest BCUT2D eigenvalue weighted by Gasteiger charge is 2.16.